The van der Waals surface area contributed by atoms with Crippen LogP contribution >= 0.6 is 0 Å². The molecule has 0 aliphatic heterocycles. The molecule has 0 aliphatic carbocycles. The molecule has 1 heterocycles. The molecule has 4 rings (SSSR count). The van der Waals surface area contributed by atoms with Gasteiger partial charge in [-0.05, 0) is 38.6 Å². The van der Waals surface area contributed by atoms with Gasteiger partial charge in [-0.2, -0.15) is 4.57 Å². The molecule has 0 radical (unpaired) electrons. The molecular weight excluding hydrogens is 373 g/mol. The fraction of sp³-hybridized carbons (Fsp3) is 0.208. The van der Waals surface area contributed by atoms with E-state index in [1.54, 1.807) is 6.07 Å². The first kappa shape index (κ1) is 20.4. The van der Waals surface area contributed by atoms with Crippen LogP contribution in [0, 0.1) is 0 Å². The molecule has 3 aromatic carbocycles. The van der Waals surface area contributed by atoms with Crippen LogP contribution < -0.4 is 20.7 Å². The Bertz CT molecular complexity index is 1210. The Hall–Kier alpha value is -2.93. The average molecular weight is 400 g/mol. The average Bonchev–Trinajstić information content (AvgIpc) is 2.73. The summed E-state index contributed by atoms with van der Waals surface area (Å²) in [6.07, 6.45) is 2.11. The maximum atomic E-state index is 9.97. The largest absolute Gasteiger partial charge is 0.490 e. The van der Waals surface area contributed by atoms with Crippen LogP contribution in [0.1, 0.15) is 19.4 Å². The third-order valence-electron chi connectivity index (χ3n) is 5.27. The van der Waals surface area contributed by atoms with Gasteiger partial charge in [0.1, 0.15) is 5.69 Å². The van der Waals surface area contributed by atoms with E-state index in [1.807, 2.05) is 39.1 Å². The summed E-state index contributed by atoms with van der Waals surface area (Å²) >= 11 is 0. The predicted octanol–water partition coefficient (Wildman–Crippen LogP) is 2.49. The lowest BCUT2D eigenvalue weighted by atomic mass is 9.78. The number of rotatable bonds is 6. The minimum atomic E-state index is -1.55. The Morgan fingerprint density at radius 3 is 2.50 bits per heavy atom. The van der Waals surface area contributed by atoms with E-state index < -0.39 is 7.12 Å². The summed E-state index contributed by atoms with van der Waals surface area (Å²) in [6.45, 7) is 4.88. The molecule has 152 valence electrons. The van der Waals surface area contributed by atoms with Crippen LogP contribution in [0.5, 0.6) is 0 Å². The molecule has 0 spiro atoms. The number of hydrogen-bond acceptors (Lipinski definition) is 4. The van der Waals surface area contributed by atoms with Gasteiger partial charge in [0.05, 0.1) is 5.39 Å². The second kappa shape index (κ2) is 8.44. The number of fused-ring (bicyclic) bond motifs is 3. The normalized spacial score (nSPS) is 11.4. The number of benzene rings is 3. The molecule has 4 aromatic rings. The Morgan fingerprint density at radius 1 is 0.967 bits per heavy atom. The number of hydrogen-bond donors (Lipinski definition) is 4. The van der Waals surface area contributed by atoms with Gasteiger partial charge in [-0.3, -0.25) is 0 Å². The monoisotopic (exact) mass is 400 g/mol. The van der Waals surface area contributed by atoms with Crippen molar-refractivity contribution in [3.05, 3.63) is 72.4 Å². The Kier molecular flexibility index (Phi) is 5.73. The summed E-state index contributed by atoms with van der Waals surface area (Å²) in [5, 5.41) is 30.0. The molecule has 30 heavy (non-hydrogen) atoms. The summed E-state index contributed by atoms with van der Waals surface area (Å²) in [5.41, 5.74) is 4.34. The van der Waals surface area contributed by atoms with E-state index in [-0.39, 0.29) is 6.04 Å². The molecular formula is C24H27BN3O2+. The van der Waals surface area contributed by atoms with Crippen LogP contribution in [0.4, 0.5) is 5.69 Å². The first-order valence-corrected chi connectivity index (χ1v) is 10.3. The second-order valence-electron chi connectivity index (χ2n) is 7.88. The predicted molar refractivity (Wildman–Crippen MR) is 124 cm³/mol. The van der Waals surface area contributed by atoms with Crippen molar-refractivity contribution in [1.82, 2.24) is 5.32 Å². The lowest BCUT2D eigenvalue weighted by Crippen LogP contribution is -2.39. The number of para-hydroxylation sites is 1. The molecule has 0 saturated heterocycles. The van der Waals surface area contributed by atoms with Gasteiger partial charge >= 0.3 is 7.12 Å². The molecule has 0 bridgehead atoms. The fourth-order valence-corrected chi connectivity index (χ4v) is 4.01. The minimum Gasteiger partial charge on any atom is -0.423 e. The number of nitrogens with one attached hydrogen (secondary N) is 2. The zero-order valence-corrected chi connectivity index (χ0v) is 17.6. The maximum Gasteiger partial charge on any atom is 0.490 e. The van der Waals surface area contributed by atoms with Crippen LogP contribution in [0.25, 0.3) is 27.4 Å². The third kappa shape index (κ3) is 3.77. The molecule has 0 unspecified atom stereocenters. The van der Waals surface area contributed by atoms with Crippen molar-refractivity contribution >= 4 is 39.9 Å². The summed E-state index contributed by atoms with van der Waals surface area (Å²) in [5.74, 6) is 0. The Balaban J connectivity index is 2.07. The van der Waals surface area contributed by atoms with Gasteiger partial charge in [-0.25, -0.2) is 0 Å². The molecule has 0 aliphatic rings. The van der Waals surface area contributed by atoms with Crippen LogP contribution in [0.15, 0.2) is 66.9 Å². The van der Waals surface area contributed by atoms with Crippen molar-refractivity contribution in [3.63, 3.8) is 0 Å². The molecule has 6 heteroatoms. The molecule has 0 fully saturated rings. The number of nitrogens with zero attached hydrogens (tertiary/aromatic N) is 1. The molecule has 1 aromatic heterocycles. The zero-order valence-electron chi connectivity index (χ0n) is 17.6. The van der Waals surface area contributed by atoms with E-state index >= 15 is 0 Å². The topological polar surface area (TPSA) is 68.4 Å². The standard InChI is InChI=1S/C24H27BN3O2/c1-16(2)27-24-21(25(29)30)9-6-10-23(24)28-15-18-7-4-5-8-19(18)20-13-17(14-26-3)11-12-22(20)28/h4-13,15-16,26-27,29-30H,14H2,1-3H3/q+1. The number of anilines is 1. The fourth-order valence-electron chi connectivity index (χ4n) is 4.01. The lowest BCUT2D eigenvalue weighted by molar-refractivity contribution is -0.564. The highest BCUT2D eigenvalue weighted by molar-refractivity contribution is 6.60. The van der Waals surface area contributed by atoms with Gasteiger partial charge in [0.25, 0.3) is 0 Å². The van der Waals surface area contributed by atoms with Gasteiger partial charge in [-0.15, -0.1) is 0 Å². The number of aromatic nitrogens is 1. The first-order valence-electron chi connectivity index (χ1n) is 10.3. The van der Waals surface area contributed by atoms with Gasteiger partial charge in [0, 0.05) is 41.0 Å². The minimum absolute atomic E-state index is 0.137. The molecule has 5 nitrogen and oxygen atoms in total. The summed E-state index contributed by atoms with van der Waals surface area (Å²) < 4.78 is 2.14. The van der Waals surface area contributed by atoms with Gasteiger partial charge in [-0.1, -0.05) is 36.4 Å². The first-order chi connectivity index (χ1) is 14.5. The van der Waals surface area contributed by atoms with Crippen molar-refractivity contribution < 1.29 is 14.6 Å². The van der Waals surface area contributed by atoms with E-state index in [2.05, 4.69) is 57.8 Å². The second-order valence-corrected chi connectivity index (χ2v) is 7.88. The highest BCUT2D eigenvalue weighted by atomic mass is 16.4. The van der Waals surface area contributed by atoms with Crippen LogP contribution in [0.3, 0.4) is 0 Å². The van der Waals surface area contributed by atoms with Gasteiger partial charge < -0.3 is 20.7 Å². The SMILES string of the molecule is CNCc1ccc2c(c1)c1ccccc1c[n+]2-c1cccc(B(O)O)c1NC(C)C. The molecule has 0 amide bonds. The number of pyridine rings is 1. The van der Waals surface area contributed by atoms with Crippen molar-refractivity contribution in [2.45, 2.75) is 26.4 Å². The van der Waals surface area contributed by atoms with Crippen molar-refractivity contribution in [2.24, 2.45) is 0 Å². The van der Waals surface area contributed by atoms with Crippen LogP contribution in [-0.4, -0.2) is 30.3 Å². The van der Waals surface area contributed by atoms with E-state index in [9.17, 15) is 10.0 Å². The Morgan fingerprint density at radius 2 is 1.77 bits per heavy atom. The van der Waals surface area contributed by atoms with Crippen molar-refractivity contribution in [3.8, 4) is 5.69 Å². The van der Waals surface area contributed by atoms with E-state index in [4.69, 9.17) is 0 Å². The molecule has 0 saturated carbocycles. The third-order valence-corrected chi connectivity index (χ3v) is 5.27. The highest BCUT2D eigenvalue weighted by Gasteiger charge is 2.26. The molecule has 0 atom stereocenters. The smallest absolute Gasteiger partial charge is 0.423 e. The summed E-state index contributed by atoms with van der Waals surface area (Å²) in [4.78, 5) is 0. The zero-order chi connectivity index (χ0) is 21.3. The maximum absolute atomic E-state index is 9.97. The van der Waals surface area contributed by atoms with E-state index in [0.717, 1.165) is 34.2 Å². The molecule has 4 N–H and O–H groups in total. The van der Waals surface area contributed by atoms with Gasteiger partial charge in [0.2, 0.25) is 11.2 Å². The van der Waals surface area contributed by atoms with E-state index in [0.29, 0.717) is 5.46 Å². The van der Waals surface area contributed by atoms with Crippen LogP contribution in [-0.2, 0) is 6.54 Å². The van der Waals surface area contributed by atoms with Crippen molar-refractivity contribution in [1.29, 1.82) is 0 Å². The summed E-state index contributed by atoms with van der Waals surface area (Å²) in [7, 11) is 0.393. The van der Waals surface area contributed by atoms with Gasteiger partial charge in [0.15, 0.2) is 6.20 Å². The van der Waals surface area contributed by atoms with E-state index in [1.165, 1.54) is 10.9 Å². The van der Waals surface area contributed by atoms with Crippen LogP contribution in [0.2, 0.25) is 0 Å². The summed E-state index contributed by atoms with van der Waals surface area (Å²) in [6, 6.07) is 20.6. The quantitative estimate of drug-likeness (QED) is 0.228. The van der Waals surface area contributed by atoms with Crippen molar-refractivity contribution in [2.75, 3.05) is 12.4 Å². The lowest BCUT2D eigenvalue weighted by Gasteiger charge is -2.17. The highest BCUT2D eigenvalue weighted by Crippen LogP contribution is 2.26. The Labute approximate surface area is 177 Å².